The Morgan fingerprint density at radius 2 is 1.71 bits per heavy atom. The topological polar surface area (TPSA) is 92.5 Å². The van der Waals surface area contributed by atoms with Crippen LogP contribution in [0.15, 0.2) is 29.2 Å². The van der Waals surface area contributed by atoms with Gasteiger partial charge in [-0.05, 0) is 43.5 Å². The average molecular weight is 311 g/mol. The largest absolute Gasteiger partial charge is 0.316 e. The van der Waals surface area contributed by atoms with Gasteiger partial charge in [0, 0.05) is 25.2 Å². The van der Waals surface area contributed by atoms with E-state index < -0.39 is 14.9 Å². The van der Waals surface area contributed by atoms with Crippen molar-refractivity contribution in [3.05, 3.63) is 34.4 Å². The zero-order chi connectivity index (χ0) is 15.0. The van der Waals surface area contributed by atoms with Crippen LogP contribution in [0.2, 0.25) is 0 Å². The fourth-order valence-electron chi connectivity index (χ4n) is 3.14. The van der Waals surface area contributed by atoms with Gasteiger partial charge in [-0.15, -0.1) is 0 Å². The molecule has 0 aromatic heterocycles. The molecule has 2 heterocycles. The Bertz CT molecular complexity index is 632. The maximum absolute atomic E-state index is 12.6. The summed E-state index contributed by atoms with van der Waals surface area (Å²) in [4.78, 5) is 10.2. The van der Waals surface area contributed by atoms with E-state index >= 15 is 0 Å². The number of nitro groups is 1. The smallest absolute Gasteiger partial charge is 0.269 e. The number of nitrogens with one attached hydrogen (secondary N) is 1. The summed E-state index contributed by atoms with van der Waals surface area (Å²) in [6.45, 7) is 2.73. The van der Waals surface area contributed by atoms with Crippen LogP contribution in [0.4, 0.5) is 5.69 Å². The van der Waals surface area contributed by atoms with Crippen molar-refractivity contribution in [3.8, 4) is 0 Å². The lowest BCUT2D eigenvalue weighted by atomic mass is 9.87. The van der Waals surface area contributed by atoms with E-state index in [9.17, 15) is 18.5 Å². The highest BCUT2D eigenvalue weighted by molar-refractivity contribution is 7.89. The van der Waals surface area contributed by atoms with Gasteiger partial charge < -0.3 is 5.32 Å². The third-order valence-corrected chi connectivity index (χ3v) is 5.99. The number of fused-ring (bicyclic) bond motifs is 2. The molecule has 3 rings (SSSR count). The molecule has 0 spiro atoms. The molecular formula is C13H17N3O4S. The molecule has 2 saturated heterocycles. The van der Waals surface area contributed by atoms with Gasteiger partial charge in [0.15, 0.2) is 0 Å². The van der Waals surface area contributed by atoms with Gasteiger partial charge in [-0.1, -0.05) is 0 Å². The number of nitro benzene ring substituents is 1. The van der Waals surface area contributed by atoms with Crippen molar-refractivity contribution in [3.63, 3.8) is 0 Å². The molecule has 7 nitrogen and oxygen atoms in total. The van der Waals surface area contributed by atoms with E-state index in [1.54, 1.807) is 0 Å². The molecular weight excluding hydrogens is 294 g/mol. The summed E-state index contributed by atoms with van der Waals surface area (Å²) in [6.07, 6.45) is 1.07. The van der Waals surface area contributed by atoms with Crippen molar-refractivity contribution in [2.45, 2.75) is 11.3 Å². The molecule has 2 atom stereocenters. The first-order valence-electron chi connectivity index (χ1n) is 6.92. The first kappa shape index (κ1) is 14.4. The number of rotatable bonds is 3. The molecule has 0 aliphatic carbocycles. The van der Waals surface area contributed by atoms with E-state index in [1.165, 1.54) is 28.6 Å². The molecule has 2 bridgehead atoms. The van der Waals surface area contributed by atoms with E-state index in [4.69, 9.17) is 0 Å². The Labute approximate surface area is 123 Å². The first-order valence-corrected chi connectivity index (χ1v) is 8.36. The molecule has 0 saturated carbocycles. The van der Waals surface area contributed by atoms with Gasteiger partial charge in [0.05, 0.1) is 9.82 Å². The number of piperidine rings is 2. The minimum atomic E-state index is -3.56. The maximum Gasteiger partial charge on any atom is 0.269 e. The second kappa shape index (κ2) is 5.36. The van der Waals surface area contributed by atoms with Crippen LogP contribution in [0.5, 0.6) is 0 Å². The van der Waals surface area contributed by atoms with Crippen molar-refractivity contribution in [1.29, 1.82) is 0 Å². The zero-order valence-corrected chi connectivity index (χ0v) is 12.3. The van der Waals surface area contributed by atoms with Gasteiger partial charge >= 0.3 is 0 Å². The first-order chi connectivity index (χ1) is 9.96. The van der Waals surface area contributed by atoms with Gasteiger partial charge in [0.2, 0.25) is 10.0 Å². The van der Waals surface area contributed by atoms with Crippen LogP contribution in [0.3, 0.4) is 0 Å². The molecule has 21 heavy (non-hydrogen) atoms. The summed E-state index contributed by atoms with van der Waals surface area (Å²) in [6, 6.07) is 5.10. The maximum atomic E-state index is 12.6. The third kappa shape index (κ3) is 2.78. The van der Waals surface area contributed by atoms with E-state index in [2.05, 4.69) is 5.32 Å². The van der Waals surface area contributed by atoms with Crippen molar-refractivity contribution in [2.24, 2.45) is 11.8 Å². The van der Waals surface area contributed by atoms with E-state index in [-0.39, 0.29) is 10.6 Å². The molecule has 2 fully saturated rings. The molecule has 0 radical (unpaired) electrons. The molecule has 2 aliphatic heterocycles. The minimum absolute atomic E-state index is 0.103. The van der Waals surface area contributed by atoms with Crippen LogP contribution in [-0.2, 0) is 10.0 Å². The lowest BCUT2D eigenvalue weighted by molar-refractivity contribution is -0.384. The summed E-state index contributed by atoms with van der Waals surface area (Å²) in [5.74, 6) is 0.704. The summed E-state index contributed by atoms with van der Waals surface area (Å²) in [5.41, 5.74) is -0.103. The lowest BCUT2D eigenvalue weighted by Gasteiger charge is -2.40. The highest BCUT2D eigenvalue weighted by Gasteiger charge is 2.36. The summed E-state index contributed by atoms with van der Waals surface area (Å²) in [5, 5.41) is 14.0. The summed E-state index contributed by atoms with van der Waals surface area (Å²) >= 11 is 0. The molecule has 2 unspecified atom stereocenters. The van der Waals surface area contributed by atoms with E-state index in [0.29, 0.717) is 24.9 Å². The van der Waals surface area contributed by atoms with Crippen molar-refractivity contribution < 1.29 is 13.3 Å². The molecule has 2 aliphatic rings. The normalized spacial score (nSPS) is 26.5. The molecule has 1 aromatic carbocycles. The molecule has 1 aromatic rings. The monoisotopic (exact) mass is 311 g/mol. The lowest BCUT2D eigenvalue weighted by Crippen LogP contribution is -2.52. The van der Waals surface area contributed by atoms with Gasteiger partial charge in [-0.3, -0.25) is 10.1 Å². The molecule has 1 N–H and O–H groups in total. The summed E-state index contributed by atoms with van der Waals surface area (Å²) in [7, 11) is -3.56. The Hall–Kier alpha value is -1.51. The average Bonchev–Trinajstić information content (AvgIpc) is 2.47. The van der Waals surface area contributed by atoms with Gasteiger partial charge in [0.1, 0.15) is 0 Å². The number of benzene rings is 1. The summed E-state index contributed by atoms with van der Waals surface area (Å²) < 4.78 is 26.8. The Morgan fingerprint density at radius 1 is 1.14 bits per heavy atom. The van der Waals surface area contributed by atoms with Crippen LogP contribution in [0.25, 0.3) is 0 Å². The standard InChI is InChI=1S/C13H17N3O4S/c17-16(18)12-1-3-13(4-2-12)21(19,20)15-8-10-5-11(9-15)7-14-6-10/h1-4,10-11,14H,5-9H2. The molecule has 0 amide bonds. The highest BCUT2D eigenvalue weighted by atomic mass is 32.2. The Balaban J connectivity index is 1.84. The zero-order valence-electron chi connectivity index (χ0n) is 11.4. The van der Waals surface area contributed by atoms with E-state index in [0.717, 1.165) is 19.5 Å². The number of hydrogen-bond acceptors (Lipinski definition) is 5. The fourth-order valence-corrected chi connectivity index (χ4v) is 4.74. The quantitative estimate of drug-likeness (QED) is 0.659. The number of nitrogens with zero attached hydrogens (tertiary/aromatic N) is 2. The third-order valence-electron chi connectivity index (χ3n) is 4.14. The van der Waals surface area contributed by atoms with E-state index in [1.807, 2.05) is 0 Å². The van der Waals surface area contributed by atoms with Gasteiger partial charge in [-0.2, -0.15) is 4.31 Å². The van der Waals surface area contributed by atoms with Crippen LogP contribution in [0.1, 0.15) is 6.42 Å². The molecule has 114 valence electrons. The number of non-ortho nitro benzene ring substituents is 1. The second-order valence-electron chi connectivity index (χ2n) is 5.70. The van der Waals surface area contributed by atoms with Crippen LogP contribution < -0.4 is 5.32 Å². The van der Waals surface area contributed by atoms with Gasteiger partial charge in [0.25, 0.3) is 5.69 Å². The van der Waals surface area contributed by atoms with Crippen molar-refractivity contribution in [1.82, 2.24) is 9.62 Å². The van der Waals surface area contributed by atoms with Crippen molar-refractivity contribution in [2.75, 3.05) is 26.2 Å². The van der Waals surface area contributed by atoms with Crippen LogP contribution in [-0.4, -0.2) is 43.8 Å². The predicted molar refractivity (Wildman–Crippen MR) is 76.3 cm³/mol. The van der Waals surface area contributed by atoms with Crippen molar-refractivity contribution >= 4 is 15.7 Å². The Kier molecular flexibility index (Phi) is 3.68. The predicted octanol–water partition coefficient (Wildman–Crippen LogP) is 0.825. The number of hydrogen-bond donors (Lipinski definition) is 1. The second-order valence-corrected chi connectivity index (χ2v) is 7.64. The highest BCUT2D eigenvalue weighted by Crippen LogP contribution is 2.29. The van der Waals surface area contributed by atoms with Crippen LogP contribution in [0, 0.1) is 22.0 Å². The van der Waals surface area contributed by atoms with Gasteiger partial charge in [-0.25, -0.2) is 8.42 Å². The fraction of sp³-hybridized carbons (Fsp3) is 0.538. The number of sulfonamides is 1. The SMILES string of the molecule is O=[N+]([O-])c1ccc(S(=O)(=O)N2CC3CNCC(C3)C2)cc1. The van der Waals surface area contributed by atoms with Crippen LogP contribution >= 0.6 is 0 Å². The Morgan fingerprint density at radius 3 is 2.24 bits per heavy atom. The minimum Gasteiger partial charge on any atom is -0.316 e. The molecule has 8 heteroatoms.